The molecule has 1 fully saturated rings. The molecule has 2 rings (SSSR count). The van der Waals surface area contributed by atoms with E-state index in [1.54, 1.807) is 0 Å². The molecule has 0 aliphatic carbocycles. The van der Waals surface area contributed by atoms with Gasteiger partial charge in [0.05, 0.1) is 13.2 Å². The number of aliphatic hydroxyl groups is 1. The third-order valence-corrected chi connectivity index (χ3v) is 4.65. The van der Waals surface area contributed by atoms with Gasteiger partial charge in [-0.25, -0.2) is 0 Å². The number of hydrogen-bond acceptors (Lipinski definition) is 3. The molecule has 0 unspecified atom stereocenters. The van der Waals surface area contributed by atoms with Gasteiger partial charge in [-0.05, 0) is 42.9 Å². The summed E-state index contributed by atoms with van der Waals surface area (Å²) in [7, 11) is 0. The molecule has 0 radical (unpaired) electrons. The largest absolute Gasteiger partial charge is 0.394 e. The fourth-order valence-electron chi connectivity index (χ4n) is 3.13. The highest BCUT2D eigenvalue weighted by Gasteiger charge is 2.21. The number of nitrogens with zero attached hydrogens (tertiary/aromatic N) is 2. The second kappa shape index (κ2) is 9.09. The van der Waals surface area contributed by atoms with Crippen LogP contribution >= 0.6 is 0 Å². The van der Waals surface area contributed by atoms with Crippen LogP contribution in [0.15, 0.2) is 29.3 Å². The molecule has 1 heterocycles. The van der Waals surface area contributed by atoms with Gasteiger partial charge in [0.2, 0.25) is 0 Å². The number of anilines is 1. The zero-order valence-electron chi connectivity index (χ0n) is 16.2. The van der Waals surface area contributed by atoms with Crippen molar-refractivity contribution in [2.75, 3.05) is 37.7 Å². The molecule has 0 bridgehead atoms. The minimum Gasteiger partial charge on any atom is -0.394 e. The lowest BCUT2D eigenvalue weighted by atomic mass is 9.87. The number of rotatable bonds is 5. The van der Waals surface area contributed by atoms with E-state index in [9.17, 15) is 0 Å². The van der Waals surface area contributed by atoms with Gasteiger partial charge in [-0.2, -0.15) is 0 Å². The minimum atomic E-state index is 0.0829. The Morgan fingerprint density at radius 2 is 1.84 bits per heavy atom. The monoisotopic (exact) mass is 346 g/mol. The Morgan fingerprint density at radius 1 is 1.20 bits per heavy atom. The second-order valence-corrected chi connectivity index (χ2v) is 7.69. The van der Waals surface area contributed by atoms with Gasteiger partial charge in [0.25, 0.3) is 0 Å². The van der Waals surface area contributed by atoms with Gasteiger partial charge in [0.15, 0.2) is 5.96 Å². The first-order valence-corrected chi connectivity index (χ1v) is 9.45. The molecule has 0 amide bonds. The lowest BCUT2D eigenvalue weighted by molar-refractivity contribution is 0.306. The third-order valence-electron chi connectivity index (χ3n) is 4.65. The van der Waals surface area contributed by atoms with Crippen LogP contribution in [0, 0.1) is 0 Å². The molecule has 25 heavy (non-hydrogen) atoms. The van der Waals surface area contributed by atoms with Gasteiger partial charge in [-0.15, -0.1) is 0 Å². The molecule has 5 nitrogen and oxygen atoms in total. The predicted octanol–water partition coefficient (Wildman–Crippen LogP) is 2.50. The number of nitrogens with one attached hydrogen (secondary N) is 2. The fourth-order valence-corrected chi connectivity index (χ4v) is 3.13. The third kappa shape index (κ3) is 5.92. The van der Waals surface area contributed by atoms with E-state index in [-0.39, 0.29) is 12.0 Å². The minimum absolute atomic E-state index is 0.0829. The summed E-state index contributed by atoms with van der Waals surface area (Å²) in [5, 5.41) is 15.7. The summed E-state index contributed by atoms with van der Waals surface area (Å²) < 4.78 is 0. The molecule has 3 N–H and O–H groups in total. The zero-order chi connectivity index (χ0) is 18.3. The van der Waals surface area contributed by atoms with Gasteiger partial charge in [-0.1, -0.05) is 32.9 Å². The number of aliphatic imine (C=N–C) groups is 1. The average molecular weight is 347 g/mol. The van der Waals surface area contributed by atoms with E-state index in [1.165, 1.54) is 11.3 Å². The van der Waals surface area contributed by atoms with E-state index in [0.717, 1.165) is 38.4 Å². The molecular weight excluding hydrogens is 312 g/mol. The van der Waals surface area contributed by atoms with Crippen molar-refractivity contribution < 1.29 is 5.11 Å². The van der Waals surface area contributed by atoms with E-state index in [4.69, 9.17) is 5.11 Å². The maximum absolute atomic E-state index is 8.95. The molecule has 5 heteroatoms. The van der Waals surface area contributed by atoms with E-state index in [1.807, 2.05) is 0 Å². The maximum Gasteiger partial charge on any atom is 0.191 e. The van der Waals surface area contributed by atoms with Crippen molar-refractivity contribution in [1.29, 1.82) is 0 Å². The second-order valence-electron chi connectivity index (χ2n) is 7.69. The van der Waals surface area contributed by atoms with Crippen molar-refractivity contribution in [3.8, 4) is 0 Å². The van der Waals surface area contributed by atoms with Crippen LogP contribution in [0.25, 0.3) is 0 Å². The van der Waals surface area contributed by atoms with Gasteiger partial charge in [0.1, 0.15) is 0 Å². The molecule has 1 aliphatic rings. The Hall–Kier alpha value is -1.75. The molecule has 1 saturated heterocycles. The van der Waals surface area contributed by atoms with E-state index >= 15 is 0 Å². The van der Waals surface area contributed by atoms with Crippen LogP contribution in [0.5, 0.6) is 0 Å². The topological polar surface area (TPSA) is 59.9 Å². The fraction of sp³-hybridized carbons (Fsp3) is 0.650. The zero-order valence-corrected chi connectivity index (χ0v) is 16.2. The molecule has 0 spiro atoms. The van der Waals surface area contributed by atoms with Gasteiger partial charge < -0.3 is 20.6 Å². The quantitative estimate of drug-likeness (QED) is 0.566. The summed E-state index contributed by atoms with van der Waals surface area (Å²) >= 11 is 0. The van der Waals surface area contributed by atoms with Gasteiger partial charge in [-0.3, -0.25) is 4.99 Å². The van der Waals surface area contributed by atoms with Crippen molar-refractivity contribution in [2.24, 2.45) is 4.99 Å². The van der Waals surface area contributed by atoms with Crippen LogP contribution in [0.1, 0.15) is 46.1 Å². The summed E-state index contributed by atoms with van der Waals surface area (Å²) in [6, 6.07) is 9.44. The SMILES string of the molecule is CCNC(=NCCO)NC1CCN(c2ccc(C(C)(C)C)cc2)CC1. The molecular formula is C20H34N4O. The van der Waals surface area contributed by atoms with E-state index in [0.29, 0.717) is 12.6 Å². The Kier molecular flexibility index (Phi) is 7.12. The molecule has 1 aromatic carbocycles. The van der Waals surface area contributed by atoms with Crippen molar-refractivity contribution >= 4 is 11.6 Å². The number of aliphatic hydroxyl groups excluding tert-OH is 1. The molecule has 0 aromatic heterocycles. The van der Waals surface area contributed by atoms with E-state index < -0.39 is 0 Å². The standard InChI is InChI=1S/C20H34N4O/c1-5-21-19(22-12-15-25)23-17-10-13-24(14-11-17)18-8-6-16(7-9-18)20(2,3)4/h6-9,17,25H,5,10-15H2,1-4H3,(H2,21,22,23). The highest BCUT2D eigenvalue weighted by atomic mass is 16.3. The lowest BCUT2D eigenvalue weighted by Gasteiger charge is -2.35. The average Bonchev–Trinajstić information content (AvgIpc) is 2.60. The van der Waals surface area contributed by atoms with Crippen molar-refractivity contribution in [3.63, 3.8) is 0 Å². The molecule has 1 aliphatic heterocycles. The Labute approximate surface area is 152 Å². The summed E-state index contributed by atoms with van der Waals surface area (Å²) in [6.07, 6.45) is 2.18. The normalized spacial score (nSPS) is 16.8. The maximum atomic E-state index is 8.95. The number of piperidine rings is 1. The number of benzene rings is 1. The van der Waals surface area contributed by atoms with Crippen molar-refractivity contribution in [3.05, 3.63) is 29.8 Å². The van der Waals surface area contributed by atoms with Crippen LogP contribution in [0.4, 0.5) is 5.69 Å². The number of hydrogen-bond donors (Lipinski definition) is 3. The molecule has 140 valence electrons. The molecule has 1 aromatic rings. The van der Waals surface area contributed by atoms with Crippen LogP contribution in [-0.2, 0) is 5.41 Å². The van der Waals surface area contributed by atoms with Gasteiger partial charge in [0, 0.05) is 31.4 Å². The lowest BCUT2D eigenvalue weighted by Crippen LogP contribution is -2.48. The summed E-state index contributed by atoms with van der Waals surface area (Å²) in [5.41, 5.74) is 2.89. The molecule has 0 atom stereocenters. The number of guanidine groups is 1. The van der Waals surface area contributed by atoms with Crippen molar-refractivity contribution in [2.45, 2.75) is 52.0 Å². The summed E-state index contributed by atoms with van der Waals surface area (Å²) in [5.74, 6) is 0.810. The first kappa shape index (κ1) is 19.6. The smallest absolute Gasteiger partial charge is 0.191 e. The van der Waals surface area contributed by atoms with Crippen LogP contribution in [0.2, 0.25) is 0 Å². The Balaban J connectivity index is 1.88. The summed E-state index contributed by atoms with van der Waals surface area (Å²) in [4.78, 5) is 6.83. The predicted molar refractivity (Wildman–Crippen MR) is 107 cm³/mol. The van der Waals surface area contributed by atoms with Crippen LogP contribution in [0.3, 0.4) is 0 Å². The first-order valence-electron chi connectivity index (χ1n) is 9.45. The van der Waals surface area contributed by atoms with E-state index in [2.05, 4.69) is 72.5 Å². The Morgan fingerprint density at radius 3 is 2.36 bits per heavy atom. The Bertz CT molecular complexity index is 540. The molecule has 0 saturated carbocycles. The highest BCUT2D eigenvalue weighted by molar-refractivity contribution is 5.80. The van der Waals surface area contributed by atoms with Crippen LogP contribution < -0.4 is 15.5 Å². The summed E-state index contributed by atoms with van der Waals surface area (Å²) in [6.45, 7) is 12.3. The van der Waals surface area contributed by atoms with Crippen LogP contribution in [-0.4, -0.2) is 49.9 Å². The highest BCUT2D eigenvalue weighted by Crippen LogP contribution is 2.26. The van der Waals surface area contributed by atoms with Crippen molar-refractivity contribution in [1.82, 2.24) is 10.6 Å². The van der Waals surface area contributed by atoms with Gasteiger partial charge >= 0.3 is 0 Å². The first-order chi connectivity index (χ1) is 11.9.